The largest absolute Gasteiger partial charge is 0.384 e. The number of pyridine rings is 1. The molecule has 1 saturated carbocycles. The Kier molecular flexibility index (Phi) is 4.64. The molecule has 1 heterocycles. The van der Waals surface area contributed by atoms with E-state index in [0.29, 0.717) is 0 Å². The molecule has 0 aliphatic heterocycles. The van der Waals surface area contributed by atoms with Crippen LogP contribution in [0.1, 0.15) is 38.5 Å². The van der Waals surface area contributed by atoms with Gasteiger partial charge in [-0.25, -0.2) is 0 Å². The van der Waals surface area contributed by atoms with Crippen molar-refractivity contribution < 1.29 is 0 Å². The number of hydrogen-bond donors (Lipinski definition) is 1. The minimum Gasteiger partial charge on any atom is -0.384 e. The molecule has 1 aromatic heterocycles. The van der Waals surface area contributed by atoms with Crippen LogP contribution >= 0.6 is 15.9 Å². The van der Waals surface area contributed by atoms with Gasteiger partial charge < -0.3 is 5.32 Å². The summed E-state index contributed by atoms with van der Waals surface area (Å²) in [5, 5.41) is 3.47. The van der Waals surface area contributed by atoms with Gasteiger partial charge in [0.25, 0.3) is 0 Å². The Morgan fingerprint density at radius 2 is 2.12 bits per heavy atom. The lowest BCUT2D eigenvalue weighted by atomic mass is 9.87. The van der Waals surface area contributed by atoms with Crippen LogP contribution < -0.4 is 5.32 Å². The van der Waals surface area contributed by atoms with Crippen molar-refractivity contribution in [3.63, 3.8) is 0 Å². The van der Waals surface area contributed by atoms with Gasteiger partial charge >= 0.3 is 0 Å². The SMILES string of the molecule is Brc1cnccc1NCCC1CCCCC1. The summed E-state index contributed by atoms with van der Waals surface area (Å²) >= 11 is 3.50. The highest BCUT2D eigenvalue weighted by molar-refractivity contribution is 9.10. The van der Waals surface area contributed by atoms with E-state index >= 15 is 0 Å². The monoisotopic (exact) mass is 282 g/mol. The third-order valence-corrected chi connectivity index (χ3v) is 4.00. The van der Waals surface area contributed by atoms with Gasteiger partial charge in [0.15, 0.2) is 0 Å². The van der Waals surface area contributed by atoms with E-state index in [1.54, 1.807) is 0 Å². The number of nitrogens with one attached hydrogen (secondary N) is 1. The number of anilines is 1. The van der Waals surface area contributed by atoms with E-state index in [9.17, 15) is 0 Å². The predicted octanol–water partition coefficient (Wildman–Crippen LogP) is 4.23. The lowest BCUT2D eigenvalue weighted by Crippen LogP contribution is -2.12. The summed E-state index contributed by atoms with van der Waals surface area (Å²) in [6, 6.07) is 2.02. The van der Waals surface area contributed by atoms with Gasteiger partial charge in [0.2, 0.25) is 0 Å². The molecule has 1 aliphatic carbocycles. The zero-order valence-electron chi connectivity index (χ0n) is 9.58. The molecule has 16 heavy (non-hydrogen) atoms. The van der Waals surface area contributed by atoms with Crippen LogP contribution in [0.2, 0.25) is 0 Å². The summed E-state index contributed by atoms with van der Waals surface area (Å²) in [5.74, 6) is 0.946. The zero-order chi connectivity index (χ0) is 11.2. The van der Waals surface area contributed by atoms with E-state index in [2.05, 4.69) is 26.2 Å². The summed E-state index contributed by atoms with van der Waals surface area (Å²) in [5.41, 5.74) is 1.16. The first-order valence-electron chi connectivity index (χ1n) is 6.19. The van der Waals surface area contributed by atoms with Crippen LogP contribution in [0.25, 0.3) is 0 Å². The first-order chi connectivity index (χ1) is 7.86. The predicted molar refractivity (Wildman–Crippen MR) is 71.6 cm³/mol. The van der Waals surface area contributed by atoms with Crippen molar-refractivity contribution in [3.8, 4) is 0 Å². The Morgan fingerprint density at radius 1 is 1.31 bits per heavy atom. The Hall–Kier alpha value is -0.570. The van der Waals surface area contributed by atoms with Gasteiger partial charge in [-0.15, -0.1) is 0 Å². The van der Waals surface area contributed by atoms with E-state index in [1.807, 2.05) is 18.5 Å². The second-order valence-corrected chi connectivity index (χ2v) is 5.43. The number of aromatic nitrogens is 1. The summed E-state index contributed by atoms with van der Waals surface area (Å²) < 4.78 is 1.05. The molecule has 1 fully saturated rings. The van der Waals surface area contributed by atoms with Gasteiger partial charge in [0.05, 0.1) is 10.2 Å². The lowest BCUT2D eigenvalue weighted by Gasteiger charge is -2.21. The van der Waals surface area contributed by atoms with Gasteiger partial charge in [-0.3, -0.25) is 4.98 Å². The number of hydrogen-bond acceptors (Lipinski definition) is 2. The van der Waals surface area contributed by atoms with Crippen LogP contribution in [0.5, 0.6) is 0 Å². The first-order valence-corrected chi connectivity index (χ1v) is 6.99. The van der Waals surface area contributed by atoms with Gasteiger partial charge in [-0.2, -0.15) is 0 Å². The molecule has 1 aromatic rings. The molecule has 2 nitrogen and oxygen atoms in total. The quantitative estimate of drug-likeness (QED) is 0.894. The molecular weight excluding hydrogens is 264 g/mol. The average molecular weight is 283 g/mol. The molecule has 2 rings (SSSR count). The number of rotatable bonds is 4. The average Bonchev–Trinajstić information content (AvgIpc) is 2.33. The molecule has 0 amide bonds. The van der Waals surface area contributed by atoms with E-state index in [-0.39, 0.29) is 0 Å². The van der Waals surface area contributed by atoms with E-state index in [1.165, 1.54) is 38.5 Å². The molecule has 3 heteroatoms. The fourth-order valence-corrected chi connectivity index (χ4v) is 2.80. The van der Waals surface area contributed by atoms with Crippen molar-refractivity contribution >= 4 is 21.6 Å². The summed E-state index contributed by atoms with van der Waals surface area (Å²) in [6.07, 6.45) is 12.1. The third-order valence-electron chi connectivity index (χ3n) is 3.37. The van der Waals surface area contributed by atoms with Gasteiger partial charge in [-0.05, 0) is 34.3 Å². The minimum atomic E-state index is 0.946. The van der Waals surface area contributed by atoms with Crippen molar-refractivity contribution in [1.29, 1.82) is 0 Å². The Morgan fingerprint density at radius 3 is 2.88 bits per heavy atom. The Labute approximate surface area is 106 Å². The van der Waals surface area contributed by atoms with Crippen molar-refractivity contribution in [1.82, 2.24) is 4.98 Å². The molecule has 0 spiro atoms. The van der Waals surface area contributed by atoms with Gasteiger partial charge in [-0.1, -0.05) is 32.1 Å². The van der Waals surface area contributed by atoms with Crippen molar-refractivity contribution in [3.05, 3.63) is 22.9 Å². The van der Waals surface area contributed by atoms with E-state index in [0.717, 1.165) is 22.6 Å². The van der Waals surface area contributed by atoms with E-state index < -0.39 is 0 Å². The fraction of sp³-hybridized carbons (Fsp3) is 0.615. The summed E-state index contributed by atoms with van der Waals surface area (Å²) in [4.78, 5) is 4.06. The second kappa shape index (κ2) is 6.24. The Balaban J connectivity index is 1.73. The maximum atomic E-state index is 4.06. The number of nitrogens with zero attached hydrogens (tertiary/aromatic N) is 1. The fourth-order valence-electron chi connectivity index (χ4n) is 2.41. The second-order valence-electron chi connectivity index (χ2n) is 4.58. The molecule has 1 N–H and O–H groups in total. The number of halogens is 1. The summed E-state index contributed by atoms with van der Waals surface area (Å²) in [7, 11) is 0. The van der Waals surface area contributed by atoms with Crippen molar-refractivity contribution in [2.24, 2.45) is 5.92 Å². The maximum absolute atomic E-state index is 4.06. The van der Waals surface area contributed by atoms with Gasteiger partial charge in [0, 0.05) is 18.9 Å². The van der Waals surface area contributed by atoms with Gasteiger partial charge in [0.1, 0.15) is 0 Å². The molecule has 0 aromatic carbocycles. The molecule has 1 aliphatic rings. The topological polar surface area (TPSA) is 24.9 Å². The molecule has 88 valence electrons. The molecule has 0 radical (unpaired) electrons. The van der Waals surface area contributed by atoms with Crippen LogP contribution in [0.4, 0.5) is 5.69 Å². The zero-order valence-corrected chi connectivity index (χ0v) is 11.2. The normalized spacial score (nSPS) is 17.3. The van der Waals surface area contributed by atoms with Crippen LogP contribution in [-0.2, 0) is 0 Å². The molecular formula is C13H19BrN2. The minimum absolute atomic E-state index is 0.946. The summed E-state index contributed by atoms with van der Waals surface area (Å²) in [6.45, 7) is 1.08. The Bertz CT molecular complexity index is 321. The highest BCUT2D eigenvalue weighted by Gasteiger charge is 2.12. The van der Waals surface area contributed by atoms with Crippen LogP contribution in [0.15, 0.2) is 22.9 Å². The van der Waals surface area contributed by atoms with Crippen molar-refractivity contribution in [2.75, 3.05) is 11.9 Å². The standard InChI is InChI=1S/C13H19BrN2/c14-12-10-15-8-7-13(12)16-9-6-11-4-2-1-3-5-11/h7-8,10-11H,1-6,9H2,(H,15,16). The molecule has 0 atom stereocenters. The first kappa shape index (κ1) is 11.9. The smallest absolute Gasteiger partial charge is 0.0590 e. The maximum Gasteiger partial charge on any atom is 0.0590 e. The van der Waals surface area contributed by atoms with Crippen LogP contribution in [-0.4, -0.2) is 11.5 Å². The highest BCUT2D eigenvalue weighted by atomic mass is 79.9. The lowest BCUT2D eigenvalue weighted by molar-refractivity contribution is 0.345. The van der Waals surface area contributed by atoms with Crippen LogP contribution in [0.3, 0.4) is 0 Å². The molecule has 0 bridgehead atoms. The third kappa shape index (κ3) is 3.48. The van der Waals surface area contributed by atoms with E-state index in [4.69, 9.17) is 0 Å². The highest BCUT2D eigenvalue weighted by Crippen LogP contribution is 2.26. The molecule has 0 saturated heterocycles. The van der Waals surface area contributed by atoms with Crippen LogP contribution in [0, 0.1) is 5.92 Å². The van der Waals surface area contributed by atoms with Crippen molar-refractivity contribution in [2.45, 2.75) is 38.5 Å². The molecule has 0 unspecified atom stereocenters.